The van der Waals surface area contributed by atoms with E-state index >= 15 is 0 Å². The average Bonchev–Trinajstić information content (AvgIpc) is 2.85. The molecule has 0 aliphatic carbocycles. The SMILES string of the molecule is CCOC(Cc1ccc(OCCN(CCCOCc2cc(Cl)cc(Cl)c2)C(=O)OCC(F)(F)F)cc1)C(=O)O. The highest BCUT2D eigenvalue weighted by atomic mass is 35.5. The van der Waals surface area contributed by atoms with Crippen LogP contribution in [0.25, 0.3) is 0 Å². The van der Waals surface area contributed by atoms with E-state index in [1.54, 1.807) is 49.4 Å². The number of alkyl halides is 3. The highest BCUT2D eigenvalue weighted by molar-refractivity contribution is 6.34. The topological polar surface area (TPSA) is 94.5 Å². The molecular formula is C26H30Cl2F3NO7. The molecule has 2 aromatic carbocycles. The molecule has 1 N–H and O–H groups in total. The van der Waals surface area contributed by atoms with Crippen molar-refractivity contribution in [2.24, 2.45) is 0 Å². The molecule has 2 rings (SSSR count). The van der Waals surface area contributed by atoms with E-state index in [-0.39, 0.29) is 45.9 Å². The largest absolute Gasteiger partial charge is 0.492 e. The minimum atomic E-state index is -4.65. The van der Waals surface area contributed by atoms with Crippen molar-refractivity contribution in [1.29, 1.82) is 0 Å². The smallest absolute Gasteiger partial charge is 0.422 e. The fourth-order valence-electron chi connectivity index (χ4n) is 3.40. The number of carboxylic acid groups (broad SMARTS) is 1. The summed E-state index contributed by atoms with van der Waals surface area (Å²) in [5.74, 6) is -0.622. The van der Waals surface area contributed by atoms with Gasteiger partial charge in [0.1, 0.15) is 12.4 Å². The molecule has 1 unspecified atom stereocenters. The Bertz CT molecular complexity index is 1030. The summed E-state index contributed by atoms with van der Waals surface area (Å²) in [6.07, 6.45) is -6.24. The van der Waals surface area contributed by atoms with Crippen LogP contribution in [-0.4, -0.2) is 73.9 Å². The molecule has 0 aromatic heterocycles. The number of carbonyl (C=O) groups is 2. The number of carboxylic acids is 1. The minimum Gasteiger partial charge on any atom is -0.492 e. The molecule has 1 atom stereocenters. The number of carbonyl (C=O) groups excluding carboxylic acids is 1. The van der Waals surface area contributed by atoms with Crippen molar-refractivity contribution < 1.29 is 46.8 Å². The fourth-order valence-corrected chi connectivity index (χ4v) is 3.97. The molecule has 0 spiro atoms. The van der Waals surface area contributed by atoms with Crippen LogP contribution in [0.4, 0.5) is 18.0 Å². The van der Waals surface area contributed by atoms with Gasteiger partial charge in [-0.1, -0.05) is 35.3 Å². The summed E-state index contributed by atoms with van der Waals surface area (Å²) in [5, 5.41) is 10.1. The van der Waals surface area contributed by atoms with Crippen LogP contribution in [0, 0.1) is 0 Å². The number of hydrogen-bond acceptors (Lipinski definition) is 6. The first-order chi connectivity index (χ1) is 18.5. The summed E-state index contributed by atoms with van der Waals surface area (Å²) in [6, 6.07) is 11.6. The maximum Gasteiger partial charge on any atom is 0.422 e. The maximum absolute atomic E-state index is 12.5. The number of halogens is 5. The van der Waals surface area contributed by atoms with E-state index < -0.39 is 30.9 Å². The van der Waals surface area contributed by atoms with E-state index in [9.17, 15) is 27.9 Å². The highest BCUT2D eigenvalue weighted by Crippen LogP contribution is 2.20. The van der Waals surface area contributed by atoms with E-state index in [0.717, 1.165) is 16.0 Å². The molecule has 0 radical (unpaired) electrons. The maximum atomic E-state index is 12.5. The summed E-state index contributed by atoms with van der Waals surface area (Å²) in [4.78, 5) is 24.6. The van der Waals surface area contributed by atoms with Crippen LogP contribution in [0.3, 0.4) is 0 Å². The Morgan fingerprint density at radius 3 is 2.26 bits per heavy atom. The Labute approximate surface area is 234 Å². The second kappa shape index (κ2) is 16.4. The number of amides is 1. The number of aliphatic carboxylic acids is 1. The first-order valence-corrected chi connectivity index (χ1v) is 12.8. The Morgan fingerprint density at radius 1 is 1.00 bits per heavy atom. The van der Waals surface area contributed by atoms with Crippen LogP contribution >= 0.6 is 23.2 Å². The van der Waals surface area contributed by atoms with Crippen molar-refractivity contribution in [3.05, 3.63) is 63.6 Å². The zero-order valence-electron chi connectivity index (χ0n) is 21.2. The van der Waals surface area contributed by atoms with Gasteiger partial charge >= 0.3 is 18.2 Å². The number of rotatable bonds is 16. The molecule has 0 fully saturated rings. The van der Waals surface area contributed by atoms with Crippen LogP contribution < -0.4 is 4.74 Å². The summed E-state index contributed by atoms with van der Waals surface area (Å²) in [5.41, 5.74) is 1.48. The summed E-state index contributed by atoms with van der Waals surface area (Å²) >= 11 is 11.9. The molecule has 13 heteroatoms. The Kier molecular flexibility index (Phi) is 13.7. The predicted molar refractivity (Wildman–Crippen MR) is 138 cm³/mol. The minimum absolute atomic E-state index is 0.0148. The molecule has 0 saturated carbocycles. The monoisotopic (exact) mass is 595 g/mol. The van der Waals surface area contributed by atoms with Crippen molar-refractivity contribution >= 4 is 35.3 Å². The van der Waals surface area contributed by atoms with Gasteiger partial charge in [-0.3, -0.25) is 0 Å². The van der Waals surface area contributed by atoms with E-state index in [4.69, 9.17) is 37.4 Å². The third kappa shape index (κ3) is 13.3. The van der Waals surface area contributed by atoms with Crippen molar-refractivity contribution in [2.45, 2.75) is 38.7 Å². The third-order valence-corrected chi connectivity index (χ3v) is 5.58. The number of ether oxygens (including phenoxy) is 4. The van der Waals surface area contributed by atoms with Gasteiger partial charge in [0.15, 0.2) is 12.7 Å². The van der Waals surface area contributed by atoms with Gasteiger partial charge in [0, 0.05) is 36.2 Å². The van der Waals surface area contributed by atoms with Gasteiger partial charge in [-0.15, -0.1) is 0 Å². The van der Waals surface area contributed by atoms with Gasteiger partial charge in [0.25, 0.3) is 0 Å². The van der Waals surface area contributed by atoms with Crippen molar-refractivity contribution in [3.8, 4) is 5.75 Å². The Balaban J connectivity index is 1.85. The quantitative estimate of drug-likeness (QED) is 0.237. The molecule has 1 amide bonds. The molecule has 0 heterocycles. The van der Waals surface area contributed by atoms with Gasteiger partial charge in [0.2, 0.25) is 0 Å². The number of hydrogen-bond donors (Lipinski definition) is 1. The molecule has 216 valence electrons. The van der Waals surface area contributed by atoms with Crippen LogP contribution in [0.15, 0.2) is 42.5 Å². The van der Waals surface area contributed by atoms with Gasteiger partial charge in [-0.25, -0.2) is 9.59 Å². The molecule has 0 saturated heterocycles. The van der Waals surface area contributed by atoms with E-state index in [0.29, 0.717) is 22.2 Å². The van der Waals surface area contributed by atoms with E-state index in [1.165, 1.54) is 0 Å². The Hall–Kier alpha value is -2.73. The van der Waals surface area contributed by atoms with Crippen molar-refractivity contribution in [3.63, 3.8) is 0 Å². The van der Waals surface area contributed by atoms with Gasteiger partial charge in [-0.05, 0) is 54.8 Å². The van der Waals surface area contributed by atoms with E-state index in [2.05, 4.69) is 4.74 Å². The molecular weight excluding hydrogens is 566 g/mol. The Morgan fingerprint density at radius 2 is 1.67 bits per heavy atom. The predicted octanol–water partition coefficient (Wildman–Crippen LogP) is 6.01. The third-order valence-electron chi connectivity index (χ3n) is 5.14. The van der Waals surface area contributed by atoms with Gasteiger partial charge in [-0.2, -0.15) is 13.2 Å². The normalized spacial score (nSPS) is 12.2. The second-order valence-electron chi connectivity index (χ2n) is 8.32. The lowest BCUT2D eigenvalue weighted by atomic mass is 10.1. The van der Waals surface area contributed by atoms with Crippen LogP contribution in [0.1, 0.15) is 24.5 Å². The summed E-state index contributed by atoms with van der Waals surface area (Å²) in [7, 11) is 0. The zero-order valence-corrected chi connectivity index (χ0v) is 22.7. The lowest BCUT2D eigenvalue weighted by Gasteiger charge is -2.22. The molecule has 39 heavy (non-hydrogen) atoms. The van der Waals surface area contributed by atoms with Crippen molar-refractivity contribution in [1.82, 2.24) is 4.90 Å². The van der Waals surface area contributed by atoms with Crippen LogP contribution in [0.2, 0.25) is 10.0 Å². The second-order valence-corrected chi connectivity index (χ2v) is 9.19. The highest BCUT2D eigenvalue weighted by Gasteiger charge is 2.30. The van der Waals surface area contributed by atoms with Crippen LogP contribution in [-0.2, 0) is 32.0 Å². The zero-order chi connectivity index (χ0) is 28.8. The van der Waals surface area contributed by atoms with Gasteiger partial charge < -0.3 is 29.0 Å². The van der Waals surface area contributed by atoms with Gasteiger partial charge in [0.05, 0.1) is 13.2 Å². The van der Waals surface area contributed by atoms with Crippen molar-refractivity contribution in [2.75, 3.05) is 39.5 Å². The van der Waals surface area contributed by atoms with Crippen LogP contribution in [0.5, 0.6) is 5.75 Å². The number of benzene rings is 2. The lowest BCUT2D eigenvalue weighted by Crippen LogP contribution is -2.38. The summed E-state index contributed by atoms with van der Waals surface area (Å²) < 4.78 is 58.3. The average molecular weight is 596 g/mol. The molecule has 0 aliphatic heterocycles. The van der Waals surface area contributed by atoms with E-state index in [1.807, 2.05) is 0 Å². The fraction of sp³-hybridized carbons (Fsp3) is 0.462. The molecule has 0 aliphatic rings. The molecule has 2 aromatic rings. The lowest BCUT2D eigenvalue weighted by molar-refractivity contribution is -0.162. The first-order valence-electron chi connectivity index (χ1n) is 12.0. The molecule has 8 nitrogen and oxygen atoms in total. The number of nitrogens with zero attached hydrogens (tertiary/aromatic N) is 1. The first kappa shape index (κ1) is 32.5. The standard InChI is InChI=1S/C26H30Cl2F3NO7/c1-2-37-23(24(33)34)14-18-4-6-22(7-5-18)38-11-9-32(25(35)39-17-26(29,30)31)8-3-10-36-16-19-12-20(27)15-21(28)13-19/h4-7,12-13,15,23H,2-3,8-11,14,16-17H2,1H3,(H,33,34). The molecule has 0 bridgehead atoms. The summed E-state index contributed by atoms with van der Waals surface area (Å²) in [6.45, 7) is 0.735.